The number of hydrogen-bond donors (Lipinski definition) is 3. The van der Waals surface area contributed by atoms with Crippen LogP contribution in [0.1, 0.15) is 49.9 Å². The average Bonchev–Trinajstić information content (AvgIpc) is 2.89. The second kappa shape index (κ2) is 7.56. The molecule has 0 radical (unpaired) electrons. The van der Waals surface area contributed by atoms with E-state index in [0.29, 0.717) is 13.1 Å². The van der Waals surface area contributed by atoms with Gasteiger partial charge in [0, 0.05) is 17.2 Å². The van der Waals surface area contributed by atoms with Gasteiger partial charge >= 0.3 is 0 Å². The van der Waals surface area contributed by atoms with Gasteiger partial charge in [0.2, 0.25) is 5.91 Å². The third-order valence-electron chi connectivity index (χ3n) is 4.18. The molecular formula is C15H26N4O2. The highest BCUT2D eigenvalue weighted by Gasteiger charge is 2.26. The topological polar surface area (TPSA) is 93.2 Å². The van der Waals surface area contributed by atoms with Crippen molar-refractivity contribution in [1.29, 1.82) is 0 Å². The van der Waals surface area contributed by atoms with Gasteiger partial charge in [0.1, 0.15) is 0 Å². The fourth-order valence-electron chi connectivity index (χ4n) is 2.93. The molecule has 0 aliphatic heterocycles. The summed E-state index contributed by atoms with van der Waals surface area (Å²) in [6, 6.07) is 0.0500. The molecule has 0 saturated carbocycles. The Morgan fingerprint density at radius 2 is 2.48 bits per heavy atom. The number of rotatable bonds is 7. The zero-order valence-electron chi connectivity index (χ0n) is 12.7. The SMILES string of the molecule is CC(CCCN)C(=O)NC1CCCc2c1cnn2CCO. The highest BCUT2D eigenvalue weighted by Crippen LogP contribution is 2.29. The van der Waals surface area contributed by atoms with E-state index in [-0.39, 0.29) is 24.5 Å². The molecule has 1 aromatic rings. The molecule has 2 unspecified atom stereocenters. The first kappa shape index (κ1) is 16.0. The molecule has 0 saturated heterocycles. The number of aliphatic hydroxyl groups excluding tert-OH is 1. The number of aromatic nitrogens is 2. The van der Waals surface area contributed by atoms with Crippen molar-refractivity contribution in [2.45, 2.75) is 51.6 Å². The maximum absolute atomic E-state index is 12.2. The van der Waals surface area contributed by atoms with E-state index in [0.717, 1.165) is 43.4 Å². The van der Waals surface area contributed by atoms with Crippen molar-refractivity contribution in [2.24, 2.45) is 11.7 Å². The van der Waals surface area contributed by atoms with Crippen LogP contribution in [0.5, 0.6) is 0 Å². The maximum atomic E-state index is 12.2. The largest absolute Gasteiger partial charge is 0.394 e. The number of fused-ring (bicyclic) bond motifs is 1. The summed E-state index contributed by atoms with van der Waals surface area (Å²) in [5.41, 5.74) is 7.75. The van der Waals surface area contributed by atoms with E-state index < -0.39 is 0 Å². The number of aliphatic hydroxyl groups is 1. The van der Waals surface area contributed by atoms with Crippen molar-refractivity contribution in [3.8, 4) is 0 Å². The first-order valence-corrected chi connectivity index (χ1v) is 7.83. The second-order valence-corrected chi connectivity index (χ2v) is 5.78. The zero-order valence-corrected chi connectivity index (χ0v) is 12.7. The molecule has 2 atom stereocenters. The van der Waals surface area contributed by atoms with Gasteiger partial charge in [-0.2, -0.15) is 5.10 Å². The molecule has 6 nitrogen and oxygen atoms in total. The summed E-state index contributed by atoms with van der Waals surface area (Å²) >= 11 is 0. The van der Waals surface area contributed by atoms with Gasteiger partial charge in [0.05, 0.1) is 25.4 Å². The molecule has 4 N–H and O–H groups in total. The van der Waals surface area contributed by atoms with Crippen LogP contribution < -0.4 is 11.1 Å². The van der Waals surface area contributed by atoms with Crippen LogP contribution in [0.15, 0.2) is 6.20 Å². The van der Waals surface area contributed by atoms with E-state index in [4.69, 9.17) is 10.8 Å². The van der Waals surface area contributed by atoms with E-state index in [1.165, 1.54) is 0 Å². The molecule has 0 spiro atoms. The predicted octanol–water partition coefficient (Wildman–Crippen LogP) is 0.744. The Labute approximate surface area is 125 Å². The Hall–Kier alpha value is -1.40. The molecule has 1 amide bonds. The van der Waals surface area contributed by atoms with Crippen molar-refractivity contribution in [1.82, 2.24) is 15.1 Å². The fourth-order valence-corrected chi connectivity index (χ4v) is 2.93. The number of hydrogen-bond acceptors (Lipinski definition) is 4. The Kier molecular flexibility index (Phi) is 5.76. The minimum Gasteiger partial charge on any atom is -0.394 e. The summed E-state index contributed by atoms with van der Waals surface area (Å²) in [5.74, 6) is 0.0858. The molecule has 1 aliphatic rings. The molecule has 118 valence electrons. The lowest BCUT2D eigenvalue weighted by Gasteiger charge is -2.25. The van der Waals surface area contributed by atoms with Gasteiger partial charge in [0.25, 0.3) is 0 Å². The highest BCUT2D eigenvalue weighted by molar-refractivity contribution is 5.78. The third kappa shape index (κ3) is 3.83. The van der Waals surface area contributed by atoms with Crippen molar-refractivity contribution in [3.63, 3.8) is 0 Å². The summed E-state index contributed by atoms with van der Waals surface area (Å²) in [5, 5.41) is 16.5. The summed E-state index contributed by atoms with van der Waals surface area (Å²) in [6.45, 7) is 3.17. The average molecular weight is 294 g/mol. The monoisotopic (exact) mass is 294 g/mol. The number of nitrogens with zero attached hydrogens (tertiary/aromatic N) is 2. The van der Waals surface area contributed by atoms with Crippen LogP contribution in [0.2, 0.25) is 0 Å². The van der Waals surface area contributed by atoms with Gasteiger partial charge in [-0.1, -0.05) is 6.92 Å². The first-order chi connectivity index (χ1) is 10.2. The number of nitrogens with one attached hydrogen (secondary N) is 1. The number of carbonyl (C=O) groups excluding carboxylic acids is 1. The van der Waals surface area contributed by atoms with Gasteiger partial charge in [-0.25, -0.2) is 0 Å². The Balaban J connectivity index is 2.01. The molecule has 0 bridgehead atoms. The molecule has 1 aromatic heterocycles. The molecule has 0 aromatic carbocycles. The molecule has 21 heavy (non-hydrogen) atoms. The van der Waals surface area contributed by atoms with Gasteiger partial charge in [-0.05, 0) is 38.6 Å². The van der Waals surface area contributed by atoms with Crippen LogP contribution >= 0.6 is 0 Å². The van der Waals surface area contributed by atoms with E-state index in [1.807, 2.05) is 17.8 Å². The van der Waals surface area contributed by atoms with Gasteiger partial charge in [-0.15, -0.1) is 0 Å². The van der Waals surface area contributed by atoms with Crippen LogP contribution in [0.25, 0.3) is 0 Å². The quantitative estimate of drug-likeness (QED) is 0.691. The van der Waals surface area contributed by atoms with Crippen LogP contribution in [-0.4, -0.2) is 33.9 Å². The van der Waals surface area contributed by atoms with Crippen LogP contribution in [0.3, 0.4) is 0 Å². The maximum Gasteiger partial charge on any atom is 0.223 e. The Morgan fingerprint density at radius 3 is 3.19 bits per heavy atom. The van der Waals surface area contributed by atoms with Crippen molar-refractivity contribution in [2.75, 3.05) is 13.2 Å². The summed E-state index contributed by atoms with van der Waals surface area (Å²) in [4.78, 5) is 12.2. The van der Waals surface area contributed by atoms with E-state index in [1.54, 1.807) is 0 Å². The van der Waals surface area contributed by atoms with Crippen molar-refractivity contribution < 1.29 is 9.90 Å². The number of nitrogens with two attached hydrogens (primary N) is 1. The fraction of sp³-hybridized carbons (Fsp3) is 0.733. The summed E-state index contributed by atoms with van der Waals surface area (Å²) in [6.07, 6.45) is 6.48. The van der Waals surface area contributed by atoms with Crippen molar-refractivity contribution >= 4 is 5.91 Å². The predicted molar refractivity (Wildman–Crippen MR) is 80.6 cm³/mol. The second-order valence-electron chi connectivity index (χ2n) is 5.78. The zero-order chi connectivity index (χ0) is 15.2. The van der Waals surface area contributed by atoms with E-state index in [9.17, 15) is 4.79 Å². The molecule has 1 aliphatic carbocycles. The molecule has 2 rings (SSSR count). The molecule has 6 heteroatoms. The van der Waals surface area contributed by atoms with E-state index >= 15 is 0 Å². The number of amides is 1. The molecular weight excluding hydrogens is 268 g/mol. The lowest BCUT2D eigenvalue weighted by Crippen LogP contribution is -2.34. The standard InChI is InChI=1S/C15H26N4O2/c1-11(4-3-7-16)15(21)18-13-5-2-6-14-12(13)10-17-19(14)8-9-20/h10-11,13,20H,2-9,16H2,1H3,(H,18,21). The minimum atomic E-state index is -0.00795. The Bertz CT molecular complexity index is 472. The normalized spacial score (nSPS) is 19.1. The van der Waals surface area contributed by atoms with Gasteiger partial charge < -0.3 is 16.2 Å². The lowest BCUT2D eigenvalue weighted by molar-refractivity contribution is -0.125. The van der Waals surface area contributed by atoms with Crippen LogP contribution in [-0.2, 0) is 17.8 Å². The Morgan fingerprint density at radius 1 is 1.67 bits per heavy atom. The number of carbonyl (C=O) groups is 1. The van der Waals surface area contributed by atoms with Gasteiger partial charge in [-0.3, -0.25) is 9.48 Å². The minimum absolute atomic E-state index is 0.00795. The smallest absolute Gasteiger partial charge is 0.223 e. The molecule has 0 fully saturated rings. The van der Waals surface area contributed by atoms with Crippen LogP contribution in [0.4, 0.5) is 0 Å². The summed E-state index contributed by atoms with van der Waals surface area (Å²) in [7, 11) is 0. The van der Waals surface area contributed by atoms with Crippen molar-refractivity contribution in [3.05, 3.63) is 17.5 Å². The molecule has 1 heterocycles. The lowest BCUT2D eigenvalue weighted by atomic mass is 9.92. The third-order valence-corrected chi connectivity index (χ3v) is 4.18. The first-order valence-electron chi connectivity index (χ1n) is 7.83. The van der Waals surface area contributed by atoms with Crippen LogP contribution in [0, 0.1) is 5.92 Å². The van der Waals surface area contributed by atoms with E-state index in [2.05, 4.69) is 10.4 Å². The van der Waals surface area contributed by atoms with Gasteiger partial charge in [0.15, 0.2) is 0 Å². The highest BCUT2D eigenvalue weighted by atomic mass is 16.3. The summed E-state index contributed by atoms with van der Waals surface area (Å²) < 4.78 is 1.85.